The van der Waals surface area contributed by atoms with E-state index in [1.165, 1.54) is 73.2 Å². The highest BCUT2D eigenvalue weighted by Gasteiger charge is 2.32. The van der Waals surface area contributed by atoms with Gasteiger partial charge in [-0.1, -0.05) is 32.9 Å². The zero-order valence-corrected chi connectivity index (χ0v) is 33.7. The second-order valence-corrected chi connectivity index (χ2v) is 17.0. The van der Waals surface area contributed by atoms with Crippen molar-refractivity contribution in [2.45, 2.75) is 43.9 Å². The standard InChI is InChI=1S/C21H22F2N4O4S.C16H14F2N4O2S.ClH/c1-21(2,3)13-26(20(28)29)11-14-12-27(32(30,31)16-8-4-5-9-24-16)18(17(14)22)15-7-6-10-25-19(15)23;1-19-9-11-10-22(25(23,24)13-6-2-3-7-20-13)15(14(11)17)12-5-4-8-21-16(12)18;/h4-10,12H,11,13H2,1-3H3,(H,28,29);2-8,10,19H,9H2,1H3;1H. The summed E-state index contributed by atoms with van der Waals surface area (Å²) in [6, 6.07) is 13.7. The minimum atomic E-state index is -4.42. The molecule has 0 spiro atoms. The predicted molar refractivity (Wildman–Crippen MR) is 207 cm³/mol. The van der Waals surface area contributed by atoms with Crippen molar-refractivity contribution < 1.29 is 44.3 Å². The predicted octanol–water partition coefficient (Wildman–Crippen LogP) is 6.59. The molecule has 308 valence electrons. The molecule has 21 heteroatoms. The Balaban J connectivity index is 0.000000259. The summed E-state index contributed by atoms with van der Waals surface area (Å²) in [6.07, 6.45) is 5.70. The summed E-state index contributed by atoms with van der Waals surface area (Å²) in [6.45, 7) is 5.14. The summed E-state index contributed by atoms with van der Waals surface area (Å²) in [5, 5.41) is 11.7. The molecule has 1 amide bonds. The van der Waals surface area contributed by atoms with Crippen LogP contribution in [0.3, 0.4) is 0 Å². The monoisotopic (exact) mass is 864 g/mol. The highest BCUT2D eigenvalue weighted by Crippen LogP contribution is 2.34. The second-order valence-electron chi connectivity index (χ2n) is 13.5. The summed E-state index contributed by atoms with van der Waals surface area (Å²) in [7, 11) is -7.04. The van der Waals surface area contributed by atoms with Crippen LogP contribution in [0.2, 0.25) is 0 Å². The van der Waals surface area contributed by atoms with Crippen molar-refractivity contribution in [2.24, 2.45) is 5.41 Å². The van der Waals surface area contributed by atoms with Crippen molar-refractivity contribution in [1.29, 1.82) is 0 Å². The molecule has 0 aliphatic heterocycles. The van der Waals surface area contributed by atoms with Crippen LogP contribution in [0.4, 0.5) is 22.4 Å². The Labute approximate surface area is 337 Å². The molecule has 0 fully saturated rings. The molecule has 0 saturated heterocycles. The largest absolute Gasteiger partial charge is 0.465 e. The van der Waals surface area contributed by atoms with E-state index in [1.807, 2.05) is 20.8 Å². The molecule has 14 nitrogen and oxygen atoms in total. The van der Waals surface area contributed by atoms with Gasteiger partial charge in [0, 0.05) is 61.4 Å². The lowest BCUT2D eigenvalue weighted by Crippen LogP contribution is -2.36. The molecule has 6 aromatic heterocycles. The van der Waals surface area contributed by atoms with Crippen LogP contribution in [0.5, 0.6) is 0 Å². The molecule has 2 N–H and O–H groups in total. The molecule has 58 heavy (non-hydrogen) atoms. The molecule has 0 aliphatic carbocycles. The van der Waals surface area contributed by atoms with Gasteiger partial charge in [-0.25, -0.2) is 41.5 Å². The van der Waals surface area contributed by atoms with Gasteiger partial charge in [-0.15, -0.1) is 12.4 Å². The fourth-order valence-corrected chi connectivity index (χ4v) is 8.26. The molecule has 6 aromatic rings. The van der Waals surface area contributed by atoms with Crippen LogP contribution < -0.4 is 5.32 Å². The van der Waals surface area contributed by atoms with E-state index in [0.717, 1.165) is 23.5 Å². The van der Waals surface area contributed by atoms with Crippen molar-refractivity contribution in [1.82, 2.24) is 38.1 Å². The molecule has 0 bridgehead atoms. The SMILES string of the molecule is CC(C)(C)CN(Cc1cn(S(=O)(=O)c2ccccn2)c(-c2cccnc2F)c1F)C(=O)O.CNCc1cn(S(=O)(=O)c2ccccn2)c(-c2cccnc2F)c1F.Cl. The molecule has 6 heterocycles. The van der Waals surface area contributed by atoms with E-state index < -0.39 is 73.0 Å². The first kappa shape index (κ1) is 45.0. The Kier molecular flexibility index (Phi) is 14.2. The van der Waals surface area contributed by atoms with Crippen molar-refractivity contribution in [3.63, 3.8) is 0 Å². The van der Waals surface area contributed by atoms with Crippen LogP contribution >= 0.6 is 12.4 Å². The fourth-order valence-electron chi connectivity index (χ4n) is 5.60. The smallest absolute Gasteiger partial charge is 0.407 e. The normalized spacial score (nSPS) is 11.7. The van der Waals surface area contributed by atoms with Gasteiger partial charge in [0.2, 0.25) is 11.9 Å². The van der Waals surface area contributed by atoms with Crippen molar-refractivity contribution in [3.05, 3.63) is 133 Å². The zero-order chi connectivity index (χ0) is 41.7. The number of hydrogen-bond donors (Lipinski definition) is 2. The minimum Gasteiger partial charge on any atom is -0.465 e. The maximum atomic E-state index is 15.5. The summed E-state index contributed by atoms with van der Waals surface area (Å²) >= 11 is 0. The van der Waals surface area contributed by atoms with Gasteiger partial charge in [0.15, 0.2) is 21.7 Å². The van der Waals surface area contributed by atoms with Crippen LogP contribution in [0.25, 0.3) is 22.5 Å². The van der Waals surface area contributed by atoms with E-state index in [1.54, 1.807) is 13.1 Å². The molecule has 0 atom stereocenters. The Morgan fingerprint density at radius 2 is 1.14 bits per heavy atom. The molecule has 6 rings (SSSR count). The summed E-state index contributed by atoms with van der Waals surface area (Å²) in [5.41, 5.74) is -2.21. The van der Waals surface area contributed by atoms with E-state index >= 15 is 4.39 Å². The number of pyridine rings is 4. The number of aromatic nitrogens is 6. The van der Waals surface area contributed by atoms with Gasteiger partial charge in [0.05, 0.1) is 17.7 Å². The number of carboxylic acid groups (broad SMARTS) is 1. The lowest BCUT2D eigenvalue weighted by molar-refractivity contribution is 0.122. The van der Waals surface area contributed by atoms with Crippen molar-refractivity contribution >= 4 is 38.5 Å². The second kappa shape index (κ2) is 18.3. The Morgan fingerprint density at radius 1 is 0.707 bits per heavy atom. The molecule has 0 radical (unpaired) electrons. The third kappa shape index (κ3) is 9.69. The van der Waals surface area contributed by atoms with Gasteiger partial charge in [0.1, 0.15) is 11.4 Å². The average Bonchev–Trinajstić information content (AvgIpc) is 3.68. The molecule has 0 saturated carbocycles. The Hall–Kier alpha value is -5.70. The first-order valence-corrected chi connectivity index (χ1v) is 19.7. The zero-order valence-electron chi connectivity index (χ0n) is 31.2. The number of halogens is 5. The third-order valence-electron chi connectivity index (χ3n) is 7.98. The van der Waals surface area contributed by atoms with Gasteiger partial charge >= 0.3 is 6.09 Å². The maximum absolute atomic E-state index is 15.5. The van der Waals surface area contributed by atoms with Crippen molar-refractivity contribution in [3.8, 4) is 22.5 Å². The fraction of sp³-hybridized carbons (Fsp3) is 0.216. The summed E-state index contributed by atoms with van der Waals surface area (Å²) < 4.78 is 112. The molecule has 0 unspecified atom stereocenters. The van der Waals surface area contributed by atoms with E-state index in [9.17, 15) is 39.9 Å². The highest BCUT2D eigenvalue weighted by atomic mass is 35.5. The first-order valence-electron chi connectivity index (χ1n) is 16.9. The van der Waals surface area contributed by atoms with Crippen LogP contribution in [-0.4, -0.2) is 74.4 Å². The Morgan fingerprint density at radius 3 is 1.52 bits per heavy atom. The van der Waals surface area contributed by atoms with Crippen LogP contribution in [0.15, 0.2) is 108 Å². The van der Waals surface area contributed by atoms with E-state index in [2.05, 4.69) is 25.3 Å². The minimum absolute atomic E-state index is 0. The van der Waals surface area contributed by atoms with Gasteiger partial charge in [-0.2, -0.15) is 25.6 Å². The first-order chi connectivity index (χ1) is 26.9. The van der Waals surface area contributed by atoms with Crippen LogP contribution in [0.1, 0.15) is 31.9 Å². The topological polar surface area (TPSA) is 182 Å². The molecular formula is C37H37ClF4N8O6S2. The number of nitrogens with one attached hydrogen (secondary N) is 1. The average molecular weight is 865 g/mol. The number of rotatable bonds is 11. The molecule has 0 aromatic carbocycles. The van der Waals surface area contributed by atoms with Gasteiger partial charge in [-0.05, 0) is 61.0 Å². The third-order valence-corrected chi connectivity index (χ3v) is 11.1. The maximum Gasteiger partial charge on any atom is 0.407 e. The number of carbonyl (C=O) groups is 1. The molecular weight excluding hydrogens is 828 g/mol. The quantitative estimate of drug-likeness (QED) is 0.106. The van der Waals surface area contributed by atoms with E-state index in [-0.39, 0.29) is 57.8 Å². The highest BCUT2D eigenvalue weighted by molar-refractivity contribution is 7.90. The van der Waals surface area contributed by atoms with Crippen molar-refractivity contribution in [2.75, 3.05) is 13.6 Å². The van der Waals surface area contributed by atoms with Gasteiger partial charge in [-0.3, -0.25) is 0 Å². The lowest BCUT2D eigenvalue weighted by atomic mass is 9.96. The van der Waals surface area contributed by atoms with Gasteiger partial charge < -0.3 is 15.3 Å². The van der Waals surface area contributed by atoms with E-state index in [4.69, 9.17) is 0 Å². The number of amides is 1. The van der Waals surface area contributed by atoms with E-state index in [0.29, 0.717) is 7.94 Å². The van der Waals surface area contributed by atoms with Crippen LogP contribution in [0, 0.1) is 28.9 Å². The summed E-state index contributed by atoms with van der Waals surface area (Å²) in [5.74, 6) is -3.93. The lowest BCUT2D eigenvalue weighted by Gasteiger charge is -2.27. The van der Waals surface area contributed by atoms with Gasteiger partial charge in [0.25, 0.3) is 20.0 Å². The number of hydrogen-bond acceptors (Lipinski definition) is 10. The molecule has 0 aliphatic rings. The Bertz CT molecular complexity index is 2610. The summed E-state index contributed by atoms with van der Waals surface area (Å²) in [4.78, 5) is 27.3. The van der Waals surface area contributed by atoms with Crippen LogP contribution in [-0.2, 0) is 33.1 Å². The number of nitrogens with zero attached hydrogens (tertiary/aromatic N) is 7.